The van der Waals surface area contributed by atoms with Crippen molar-refractivity contribution < 1.29 is 24.3 Å². The summed E-state index contributed by atoms with van der Waals surface area (Å²) >= 11 is 0. The molecule has 30 heavy (non-hydrogen) atoms. The molecule has 6 heteroatoms. The summed E-state index contributed by atoms with van der Waals surface area (Å²) in [6.07, 6.45) is 0. The van der Waals surface area contributed by atoms with Gasteiger partial charge in [-0.25, -0.2) is 9.69 Å². The topological polar surface area (TPSA) is 91.8 Å². The standard InChI is InChI=1S/C24H17NO5/c1-13-3-9-18(11-14(13)2)25-22(27)19-10-8-17(12-20(19)23(25)28)21(26)15-4-6-16(7-5-15)24(29)30/h3-12H,1-2H3,(H,29,30). The van der Waals surface area contributed by atoms with Crippen molar-refractivity contribution in [2.45, 2.75) is 13.8 Å². The van der Waals surface area contributed by atoms with Gasteiger partial charge < -0.3 is 5.11 Å². The molecule has 0 spiro atoms. The van der Waals surface area contributed by atoms with E-state index in [1.165, 1.54) is 42.5 Å². The molecule has 0 aromatic heterocycles. The molecule has 0 saturated carbocycles. The zero-order chi connectivity index (χ0) is 21.6. The molecule has 4 rings (SSSR count). The van der Waals surface area contributed by atoms with E-state index in [1.807, 2.05) is 19.9 Å². The number of benzene rings is 3. The minimum absolute atomic E-state index is 0.0744. The predicted octanol–water partition coefficient (Wildman–Crippen LogP) is 4.03. The fourth-order valence-electron chi connectivity index (χ4n) is 3.41. The van der Waals surface area contributed by atoms with Crippen LogP contribution in [0.2, 0.25) is 0 Å². The summed E-state index contributed by atoms with van der Waals surface area (Å²) in [5.41, 5.74) is 3.54. The van der Waals surface area contributed by atoms with Crippen molar-refractivity contribution in [2.75, 3.05) is 4.90 Å². The van der Waals surface area contributed by atoms with Gasteiger partial charge in [0.2, 0.25) is 0 Å². The molecule has 0 atom stereocenters. The monoisotopic (exact) mass is 399 g/mol. The van der Waals surface area contributed by atoms with Crippen molar-refractivity contribution in [1.82, 2.24) is 0 Å². The highest BCUT2D eigenvalue weighted by molar-refractivity contribution is 6.35. The lowest BCUT2D eigenvalue weighted by Crippen LogP contribution is -2.29. The minimum atomic E-state index is -1.08. The molecule has 148 valence electrons. The smallest absolute Gasteiger partial charge is 0.335 e. The number of aryl methyl sites for hydroxylation is 2. The summed E-state index contributed by atoms with van der Waals surface area (Å²) in [5.74, 6) is -2.35. The van der Waals surface area contributed by atoms with Crippen LogP contribution in [0.25, 0.3) is 0 Å². The van der Waals surface area contributed by atoms with Crippen LogP contribution in [0.5, 0.6) is 0 Å². The van der Waals surface area contributed by atoms with Crippen LogP contribution in [0.4, 0.5) is 5.69 Å². The second-order valence-electron chi connectivity index (χ2n) is 7.19. The molecule has 3 aromatic carbocycles. The van der Waals surface area contributed by atoms with Crippen molar-refractivity contribution >= 4 is 29.3 Å². The van der Waals surface area contributed by atoms with E-state index in [0.717, 1.165) is 16.0 Å². The first kappa shape index (κ1) is 19.3. The Morgan fingerprint density at radius 3 is 1.93 bits per heavy atom. The lowest BCUT2D eigenvalue weighted by molar-refractivity contribution is 0.0695. The summed E-state index contributed by atoms with van der Waals surface area (Å²) in [4.78, 5) is 50.7. The number of fused-ring (bicyclic) bond motifs is 1. The highest BCUT2D eigenvalue weighted by Crippen LogP contribution is 2.30. The van der Waals surface area contributed by atoms with Gasteiger partial charge in [-0.1, -0.05) is 24.3 Å². The molecule has 2 amide bonds. The highest BCUT2D eigenvalue weighted by atomic mass is 16.4. The number of aromatic carboxylic acids is 1. The first-order chi connectivity index (χ1) is 14.3. The van der Waals surface area contributed by atoms with Gasteiger partial charge in [-0.15, -0.1) is 0 Å². The maximum atomic E-state index is 13.0. The fraction of sp³-hybridized carbons (Fsp3) is 0.0833. The Kier molecular flexibility index (Phi) is 4.54. The van der Waals surface area contributed by atoms with Gasteiger partial charge in [-0.3, -0.25) is 14.4 Å². The average Bonchev–Trinajstić information content (AvgIpc) is 2.99. The molecule has 0 bridgehead atoms. The van der Waals surface area contributed by atoms with E-state index in [-0.39, 0.29) is 28.0 Å². The number of carbonyl (C=O) groups is 4. The van der Waals surface area contributed by atoms with Gasteiger partial charge >= 0.3 is 5.97 Å². The average molecular weight is 399 g/mol. The van der Waals surface area contributed by atoms with Gasteiger partial charge in [0.1, 0.15) is 0 Å². The molecule has 6 nitrogen and oxygen atoms in total. The zero-order valence-electron chi connectivity index (χ0n) is 16.3. The first-order valence-electron chi connectivity index (χ1n) is 9.26. The van der Waals surface area contributed by atoms with Crippen molar-refractivity contribution in [1.29, 1.82) is 0 Å². The van der Waals surface area contributed by atoms with E-state index in [2.05, 4.69) is 0 Å². The number of carboxylic acid groups (broad SMARTS) is 1. The number of imide groups is 1. The Morgan fingerprint density at radius 2 is 1.30 bits per heavy atom. The third kappa shape index (κ3) is 3.08. The Morgan fingerprint density at radius 1 is 0.700 bits per heavy atom. The van der Waals surface area contributed by atoms with Gasteiger partial charge in [0.15, 0.2) is 5.78 Å². The van der Waals surface area contributed by atoms with Crippen molar-refractivity contribution in [3.63, 3.8) is 0 Å². The third-order valence-electron chi connectivity index (χ3n) is 5.29. The van der Waals surface area contributed by atoms with Gasteiger partial charge in [-0.05, 0) is 61.4 Å². The Labute approximate surface area is 172 Å². The van der Waals surface area contributed by atoms with Gasteiger partial charge in [0, 0.05) is 11.1 Å². The molecular weight excluding hydrogens is 382 g/mol. The molecule has 1 aliphatic heterocycles. The summed E-state index contributed by atoms with van der Waals surface area (Å²) in [7, 11) is 0. The van der Waals surface area contributed by atoms with Gasteiger partial charge in [-0.2, -0.15) is 0 Å². The third-order valence-corrected chi connectivity index (χ3v) is 5.29. The van der Waals surface area contributed by atoms with Crippen LogP contribution >= 0.6 is 0 Å². The van der Waals surface area contributed by atoms with Crippen LogP contribution in [-0.2, 0) is 0 Å². The van der Waals surface area contributed by atoms with Gasteiger partial charge in [0.05, 0.1) is 22.4 Å². The van der Waals surface area contributed by atoms with E-state index in [9.17, 15) is 19.2 Å². The zero-order valence-corrected chi connectivity index (χ0v) is 16.3. The van der Waals surface area contributed by atoms with Crippen LogP contribution in [0.3, 0.4) is 0 Å². The Bertz CT molecular complexity index is 1240. The van der Waals surface area contributed by atoms with Crippen molar-refractivity contribution in [3.05, 3.63) is 99.6 Å². The lowest BCUT2D eigenvalue weighted by atomic mass is 9.98. The molecule has 0 unspecified atom stereocenters. The largest absolute Gasteiger partial charge is 0.478 e. The maximum Gasteiger partial charge on any atom is 0.335 e. The fourth-order valence-corrected chi connectivity index (χ4v) is 3.41. The van der Waals surface area contributed by atoms with E-state index < -0.39 is 17.8 Å². The van der Waals surface area contributed by atoms with Crippen molar-refractivity contribution in [3.8, 4) is 0 Å². The predicted molar refractivity (Wildman–Crippen MR) is 110 cm³/mol. The number of hydrogen-bond donors (Lipinski definition) is 1. The van der Waals surface area contributed by atoms with E-state index >= 15 is 0 Å². The molecule has 1 heterocycles. The maximum absolute atomic E-state index is 13.0. The SMILES string of the molecule is Cc1ccc(N2C(=O)c3ccc(C(=O)c4ccc(C(=O)O)cc4)cc3C2=O)cc1C. The van der Waals surface area contributed by atoms with Gasteiger partial charge in [0.25, 0.3) is 11.8 Å². The van der Waals surface area contributed by atoms with Crippen LogP contribution in [0, 0.1) is 13.8 Å². The van der Waals surface area contributed by atoms with Crippen LogP contribution < -0.4 is 4.90 Å². The van der Waals surface area contributed by atoms with Crippen LogP contribution in [-0.4, -0.2) is 28.7 Å². The number of anilines is 1. The second-order valence-corrected chi connectivity index (χ2v) is 7.19. The second kappa shape index (κ2) is 7.08. The first-order valence-corrected chi connectivity index (χ1v) is 9.26. The number of rotatable bonds is 4. The Hall–Kier alpha value is -4.06. The van der Waals surface area contributed by atoms with E-state index in [4.69, 9.17) is 5.11 Å². The lowest BCUT2D eigenvalue weighted by Gasteiger charge is -2.15. The van der Waals surface area contributed by atoms with Crippen molar-refractivity contribution in [2.24, 2.45) is 0 Å². The molecule has 0 fully saturated rings. The number of nitrogens with zero attached hydrogens (tertiary/aromatic N) is 1. The van der Waals surface area contributed by atoms with Crippen LogP contribution in [0.15, 0.2) is 60.7 Å². The number of carbonyl (C=O) groups excluding carboxylic acids is 3. The molecule has 1 aliphatic rings. The summed E-state index contributed by atoms with van der Waals surface area (Å²) in [6.45, 7) is 3.85. The summed E-state index contributed by atoms with van der Waals surface area (Å²) in [5, 5.41) is 8.98. The summed E-state index contributed by atoms with van der Waals surface area (Å²) < 4.78 is 0. The normalized spacial score (nSPS) is 12.8. The minimum Gasteiger partial charge on any atom is -0.478 e. The van der Waals surface area contributed by atoms with Crippen LogP contribution in [0.1, 0.15) is 58.1 Å². The van der Waals surface area contributed by atoms with E-state index in [0.29, 0.717) is 11.3 Å². The molecule has 3 aromatic rings. The molecule has 0 saturated heterocycles. The molecular formula is C24H17NO5. The Balaban J connectivity index is 1.68. The number of hydrogen-bond acceptors (Lipinski definition) is 4. The highest BCUT2D eigenvalue weighted by Gasteiger charge is 2.37. The quantitative estimate of drug-likeness (QED) is 0.528. The molecule has 0 radical (unpaired) electrons. The van der Waals surface area contributed by atoms with E-state index in [1.54, 1.807) is 12.1 Å². The molecule has 1 N–H and O–H groups in total. The summed E-state index contributed by atoms with van der Waals surface area (Å²) in [6, 6.07) is 15.3. The molecule has 0 aliphatic carbocycles. The number of amides is 2. The number of carboxylic acids is 1. The number of ketones is 1.